The van der Waals surface area contributed by atoms with Gasteiger partial charge >= 0.3 is 0 Å². The van der Waals surface area contributed by atoms with Crippen molar-refractivity contribution in [1.29, 1.82) is 0 Å². The second-order valence-electron chi connectivity index (χ2n) is 4.73. The van der Waals surface area contributed by atoms with E-state index in [1.54, 1.807) is 6.20 Å². The molecular weight excluding hydrogens is 248 g/mol. The van der Waals surface area contributed by atoms with Crippen LogP contribution in [-0.2, 0) is 13.0 Å². The van der Waals surface area contributed by atoms with Crippen LogP contribution in [0.2, 0.25) is 0 Å². The van der Waals surface area contributed by atoms with Crippen molar-refractivity contribution in [2.75, 3.05) is 5.73 Å². The third kappa shape index (κ3) is 2.85. The van der Waals surface area contributed by atoms with E-state index in [0.717, 1.165) is 29.8 Å². The van der Waals surface area contributed by atoms with Crippen LogP contribution >= 0.6 is 0 Å². The van der Waals surface area contributed by atoms with E-state index in [-0.39, 0.29) is 0 Å². The normalized spacial score (nSPS) is 10.6. The van der Waals surface area contributed by atoms with Crippen molar-refractivity contribution in [3.8, 4) is 11.1 Å². The van der Waals surface area contributed by atoms with E-state index >= 15 is 0 Å². The van der Waals surface area contributed by atoms with Gasteiger partial charge in [0.25, 0.3) is 0 Å². The summed E-state index contributed by atoms with van der Waals surface area (Å²) < 4.78 is 1.96. The molecule has 0 radical (unpaired) electrons. The van der Waals surface area contributed by atoms with Gasteiger partial charge in [0.1, 0.15) is 0 Å². The van der Waals surface area contributed by atoms with Crippen LogP contribution in [0, 0.1) is 0 Å². The van der Waals surface area contributed by atoms with Gasteiger partial charge in [0.15, 0.2) is 0 Å². The average molecular weight is 264 g/mol. The summed E-state index contributed by atoms with van der Waals surface area (Å²) >= 11 is 0. The van der Waals surface area contributed by atoms with Gasteiger partial charge in [-0.3, -0.25) is 9.67 Å². The monoisotopic (exact) mass is 264 g/mol. The Morgan fingerprint density at radius 1 is 1.00 bits per heavy atom. The van der Waals surface area contributed by atoms with E-state index < -0.39 is 0 Å². The van der Waals surface area contributed by atoms with E-state index in [2.05, 4.69) is 22.3 Å². The van der Waals surface area contributed by atoms with E-state index in [1.807, 2.05) is 47.4 Å². The first-order valence-corrected chi connectivity index (χ1v) is 6.58. The van der Waals surface area contributed by atoms with Crippen molar-refractivity contribution in [2.24, 2.45) is 0 Å². The Balaban J connectivity index is 1.69. The fourth-order valence-corrected chi connectivity index (χ4v) is 2.10. The number of anilines is 1. The predicted octanol–water partition coefficient (Wildman–Crippen LogP) is 2.77. The highest BCUT2D eigenvalue weighted by Crippen LogP contribution is 2.19. The molecule has 2 N–H and O–H groups in total. The average Bonchev–Trinajstić information content (AvgIpc) is 2.96. The molecule has 100 valence electrons. The number of rotatable bonds is 4. The third-order valence-corrected chi connectivity index (χ3v) is 3.23. The number of hydrogen-bond donors (Lipinski definition) is 1. The summed E-state index contributed by atoms with van der Waals surface area (Å²) in [6.45, 7) is 0.848. The molecule has 0 fully saturated rings. The first kappa shape index (κ1) is 12.4. The number of hydrogen-bond acceptors (Lipinski definition) is 3. The van der Waals surface area contributed by atoms with Crippen LogP contribution in [-0.4, -0.2) is 14.8 Å². The van der Waals surface area contributed by atoms with Crippen molar-refractivity contribution < 1.29 is 0 Å². The molecule has 0 bridgehead atoms. The molecule has 4 nitrogen and oxygen atoms in total. The molecule has 4 heteroatoms. The molecule has 0 atom stereocenters. The number of nitrogens with two attached hydrogens (primary N) is 1. The molecular formula is C16H16N4. The summed E-state index contributed by atoms with van der Waals surface area (Å²) in [4.78, 5) is 4.12. The van der Waals surface area contributed by atoms with Gasteiger partial charge in [-0.15, -0.1) is 0 Å². The Kier molecular flexibility index (Phi) is 3.46. The SMILES string of the molecule is Nc1ccc(-c2cnn(CCc3cccnc3)c2)cc1. The maximum absolute atomic E-state index is 5.70. The van der Waals surface area contributed by atoms with Crippen molar-refractivity contribution in [3.63, 3.8) is 0 Å². The van der Waals surface area contributed by atoms with Gasteiger partial charge in [-0.25, -0.2) is 0 Å². The number of nitrogen functional groups attached to an aromatic ring is 1. The number of aromatic nitrogens is 3. The zero-order valence-corrected chi connectivity index (χ0v) is 11.1. The molecule has 2 aromatic heterocycles. The summed E-state index contributed by atoms with van der Waals surface area (Å²) in [6, 6.07) is 11.9. The summed E-state index contributed by atoms with van der Waals surface area (Å²) in [7, 11) is 0. The highest BCUT2D eigenvalue weighted by molar-refractivity contribution is 5.63. The maximum atomic E-state index is 5.70. The molecule has 0 aliphatic carbocycles. The maximum Gasteiger partial charge on any atom is 0.0568 e. The Hall–Kier alpha value is -2.62. The predicted molar refractivity (Wildman–Crippen MR) is 80.0 cm³/mol. The van der Waals surface area contributed by atoms with Gasteiger partial charge < -0.3 is 5.73 Å². The lowest BCUT2D eigenvalue weighted by atomic mass is 10.1. The van der Waals surface area contributed by atoms with Crippen molar-refractivity contribution >= 4 is 5.69 Å². The molecule has 3 rings (SSSR count). The number of benzene rings is 1. The lowest BCUT2D eigenvalue weighted by molar-refractivity contribution is 0.614. The molecule has 0 spiro atoms. The van der Waals surface area contributed by atoms with E-state index in [9.17, 15) is 0 Å². The van der Waals surface area contributed by atoms with E-state index in [1.165, 1.54) is 5.56 Å². The van der Waals surface area contributed by atoms with Gasteiger partial charge in [-0.1, -0.05) is 18.2 Å². The second-order valence-corrected chi connectivity index (χ2v) is 4.73. The minimum absolute atomic E-state index is 0.776. The Morgan fingerprint density at radius 2 is 1.85 bits per heavy atom. The molecule has 0 saturated heterocycles. The largest absolute Gasteiger partial charge is 0.399 e. The molecule has 0 saturated carbocycles. The van der Waals surface area contributed by atoms with Crippen LogP contribution in [0.3, 0.4) is 0 Å². The highest BCUT2D eigenvalue weighted by atomic mass is 15.3. The lowest BCUT2D eigenvalue weighted by Gasteiger charge is -2.01. The minimum Gasteiger partial charge on any atom is -0.399 e. The van der Waals surface area contributed by atoms with Crippen LogP contribution < -0.4 is 5.73 Å². The summed E-state index contributed by atoms with van der Waals surface area (Å²) in [5.41, 5.74) is 9.93. The minimum atomic E-state index is 0.776. The highest BCUT2D eigenvalue weighted by Gasteiger charge is 2.02. The first-order chi connectivity index (χ1) is 9.81. The van der Waals surface area contributed by atoms with Crippen molar-refractivity contribution in [3.05, 3.63) is 66.7 Å². The Bertz CT molecular complexity index is 671. The smallest absolute Gasteiger partial charge is 0.0568 e. The first-order valence-electron chi connectivity index (χ1n) is 6.58. The fourth-order valence-electron chi connectivity index (χ4n) is 2.10. The third-order valence-electron chi connectivity index (χ3n) is 3.23. The Labute approximate surface area is 117 Å². The Morgan fingerprint density at radius 3 is 2.60 bits per heavy atom. The summed E-state index contributed by atoms with van der Waals surface area (Å²) in [5.74, 6) is 0. The number of aryl methyl sites for hydroxylation is 2. The zero-order chi connectivity index (χ0) is 13.8. The number of nitrogens with zero attached hydrogens (tertiary/aromatic N) is 3. The van der Waals surface area contributed by atoms with Gasteiger partial charge in [-0.05, 0) is 35.7 Å². The van der Waals surface area contributed by atoms with E-state index in [0.29, 0.717) is 0 Å². The molecule has 0 aliphatic heterocycles. The lowest BCUT2D eigenvalue weighted by Crippen LogP contribution is -2.01. The fraction of sp³-hybridized carbons (Fsp3) is 0.125. The summed E-state index contributed by atoms with van der Waals surface area (Å²) in [5, 5.41) is 4.40. The second kappa shape index (κ2) is 5.57. The van der Waals surface area contributed by atoms with Gasteiger partial charge in [-0.2, -0.15) is 5.10 Å². The topological polar surface area (TPSA) is 56.7 Å². The molecule has 0 aliphatic rings. The van der Waals surface area contributed by atoms with Crippen LogP contribution in [0.4, 0.5) is 5.69 Å². The number of pyridine rings is 1. The van der Waals surface area contributed by atoms with Gasteiger partial charge in [0, 0.05) is 36.4 Å². The molecule has 2 heterocycles. The zero-order valence-electron chi connectivity index (χ0n) is 11.1. The van der Waals surface area contributed by atoms with Crippen molar-refractivity contribution in [1.82, 2.24) is 14.8 Å². The van der Waals surface area contributed by atoms with Crippen molar-refractivity contribution in [2.45, 2.75) is 13.0 Å². The molecule has 20 heavy (non-hydrogen) atoms. The van der Waals surface area contributed by atoms with E-state index in [4.69, 9.17) is 5.73 Å². The molecule has 3 aromatic rings. The molecule has 0 amide bonds. The molecule has 1 aromatic carbocycles. The van der Waals surface area contributed by atoms with Gasteiger partial charge in [0.05, 0.1) is 6.20 Å². The molecule has 0 unspecified atom stereocenters. The van der Waals surface area contributed by atoms with Gasteiger partial charge in [0.2, 0.25) is 0 Å². The standard InChI is InChI=1S/C16H16N4/c17-16-5-3-14(4-6-16)15-11-19-20(12-15)9-7-13-2-1-8-18-10-13/h1-6,8,10-12H,7,9,17H2. The van der Waals surface area contributed by atoms with Crippen LogP contribution in [0.5, 0.6) is 0 Å². The quantitative estimate of drug-likeness (QED) is 0.737. The summed E-state index contributed by atoms with van der Waals surface area (Å²) in [6.07, 6.45) is 8.55. The van der Waals surface area contributed by atoms with Crippen LogP contribution in [0.25, 0.3) is 11.1 Å². The van der Waals surface area contributed by atoms with Crippen LogP contribution in [0.1, 0.15) is 5.56 Å². The van der Waals surface area contributed by atoms with Crippen LogP contribution in [0.15, 0.2) is 61.2 Å².